The average molecular weight is 272 g/mol. The number of carbonyl (C=O) groups excluding carboxylic acids is 2. The Hall–Kier alpha value is -0.980. The van der Waals surface area contributed by atoms with Crippen molar-refractivity contribution in [2.75, 3.05) is 27.4 Å². The molecule has 1 heterocycles. The SMILES string of the molecule is CCC(C)N1C(=O)CC(NCC(COC)OC)C1=O. The summed E-state index contributed by atoms with van der Waals surface area (Å²) in [5, 5.41) is 3.09. The molecule has 1 rings (SSSR count). The number of rotatable bonds is 8. The third-order valence-corrected chi connectivity index (χ3v) is 3.49. The Morgan fingerprint density at radius 3 is 2.63 bits per heavy atom. The third kappa shape index (κ3) is 3.99. The van der Waals surface area contributed by atoms with Crippen molar-refractivity contribution < 1.29 is 19.1 Å². The van der Waals surface area contributed by atoms with Crippen LogP contribution in [0, 0.1) is 0 Å². The number of hydrogen-bond donors (Lipinski definition) is 1. The number of methoxy groups -OCH3 is 2. The minimum Gasteiger partial charge on any atom is -0.382 e. The first kappa shape index (κ1) is 16.1. The molecule has 0 aromatic carbocycles. The van der Waals surface area contributed by atoms with Crippen LogP contribution < -0.4 is 5.32 Å². The molecule has 0 aliphatic carbocycles. The minimum absolute atomic E-state index is 0.0380. The number of ether oxygens (including phenoxy) is 2. The molecule has 6 heteroatoms. The molecule has 0 spiro atoms. The van der Waals surface area contributed by atoms with Gasteiger partial charge in [-0.25, -0.2) is 0 Å². The highest BCUT2D eigenvalue weighted by Gasteiger charge is 2.40. The lowest BCUT2D eigenvalue weighted by Crippen LogP contribution is -2.45. The number of imide groups is 1. The number of nitrogens with one attached hydrogen (secondary N) is 1. The van der Waals surface area contributed by atoms with Crippen molar-refractivity contribution in [1.82, 2.24) is 10.2 Å². The van der Waals surface area contributed by atoms with Crippen LogP contribution in [-0.2, 0) is 19.1 Å². The number of hydrogen-bond acceptors (Lipinski definition) is 5. The van der Waals surface area contributed by atoms with Gasteiger partial charge in [-0.05, 0) is 13.3 Å². The predicted molar refractivity (Wildman–Crippen MR) is 70.7 cm³/mol. The van der Waals surface area contributed by atoms with Crippen LogP contribution in [0.3, 0.4) is 0 Å². The van der Waals surface area contributed by atoms with Crippen LogP contribution in [-0.4, -0.2) is 62.3 Å². The van der Waals surface area contributed by atoms with E-state index in [0.29, 0.717) is 13.2 Å². The molecule has 1 saturated heterocycles. The first-order valence-corrected chi connectivity index (χ1v) is 6.66. The summed E-state index contributed by atoms with van der Waals surface area (Å²) < 4.78 is 10.2. The van der Waals surface area contributed by atoms with Gasteiger partial charge in [0.1, 0.15) is 0 Å². The zero-order chi connectivity index (χ0) is 14.4. The molecule has 19 heavy (non-hydrogen) atoms. The normalized spacial score (nSPS) is 22.9. The van der Waals surface area contributed by atoms with E-state index in [9.17, 15) is 9.59 Å². The molecule has 2 amide bonds. The maximum absolute atomic E-state index is 12.1. The highest BCUT2D eigenvalue weighted by atomic mass is 16.5. The summed E-state index contributed by atoms with van der Waals surface area (Å²) in [7, 11) is 3.19. The summed E-state index contributed by atoms with van der Waals surface area (Å²) in [4.78, 5) is 25.4. The van der Waals surface area contributed by atoms with Gasteiger partial charge in [0.05, 0.1) is 25.2 Å². The van der Waals surface area contributed by atoms with Crippen LogP contribution in [0.5, 0.6) is 0 Å². The van der Waals surface area contributed by atoms with Crippen molar-refractivity contribution in [3.05, 3.63) is 0 Å². The van der Waals surface area contributed by atoms with Gasteiger partial charge in [0.25, 0.3) is 0 Å². The largest absolute Gasteiger partial charge is 0.382 e. The fourth-order valence-corrected chi connectivity index (χ4v) is 2.13. The first-order valence-electron chi connectivity index (χ1n) is 6.66. The number of carbonyl (C=O) groups is 2. The Morgan fingerprint density at radius 1 is 1.42 bits per heavy atom. The lowest BCUT2D eigenvalue weighted by Gasteiger charge is -2.22. The topological polar surface area (TPSA) is 67.9 Å². The molecule has 0 aromatic heterocycles. The van der Waals surface area contributed by atoms with E-state index in [1.54, 1.807) is 14.2 Å². The number of likely N-dealkylation sites (tertiary alicyclic amines) is 1. The summed E-state index contributed by atoms with van der Waals surface area (Å²) >= 11 is 0. The van der Waals surface area contributed by atoms with Gasteiger partial charge in [0.2, 0.25) is 11.8 Å². The highest BCUT2D eigenvalue weighted by Crippen LogP contribution is 2.17. The Morgan fingerprint density at radius 2 is 2.11 bits per heavy atom. The standard InChI is InChI=1S/C13H24N2O4/c1-5-9(2)15-12(16)6-11(13(15)17)14-7-10(19-4)8-18-3/h9-11,14H,5-8H2,1-4H3. The second-order valence-electron chi connectivity index (χ2n) is 4.84. The van der Waals surface area contributed by atoms with Gasteiger partial charge in [-0.3, -0.25) is 14.5 Å². The van der Waals surface area contributed by atoms with Gasteiger partial charge in [-0.15, -0.1) is 0 Å². The third-order valence-electron chi connectivity index (χ3n) is 3.49. The second kappa shape index (κ2) is 7.57. The zero-order valence-corrected chi connectivity index (χ0v) is 12.1. The van der Waals surface area contributed by atoms with Gasteiger partial charge in [-0.2, -0.15) is 0 Å². The molecule has 6 nitrogen and oxygen atoms in total. The van der Waals surface area contributed by atoms with E-state index in [-0.39, 0.29) is 30.4 Å². The maximum atomic E-state index is 12.1. The second-order valence-corrected chi connectivity index (χ2v) is 4.84. The van der Waals surface area contributed by atoms with E-state index in [1.807, 2.05) is 13.8 Å². The lowest BCUT2D eigenvalue weighted by molar-refractivity contribution is -0.141. The smallest absolute Gasteiger partial charge is 0.247 e. The van der Waals surface area contributed by atoms with Gasteiger partial charge < -0.3 is 14.8 Å². The molecular formula is C13H24N2O4. The minimum atomic E-state index is -0.434. The molecule has 1 N–H and O–H groups in total. The Kier molecular flexibility index (Phi) is 6.41. The summed E-state index contributed by atoms with van der Waals surface area (Å²) in [5.74, 6) is -0.232. The van der Waals surface area contributed by atoms with E-state index < -0.39 is 6.04 Å². The summed E-state index contributed by atoms with van der Waals surface area (Å²) in [6, 6.07) is -0.472. The Labute approximate surface area is 114 Å². The molecule has 0 radical (unpaired) electrons. The van der Waals surface area contributed by atoms with Gasteiger partial charge in [0, 0.05) is 26.8 Å². The van der Waals surface area contributed by atoms with Gasteiger partial charge in [-0.1, -0.05) is 6.92 Å². The molecular weight excluding hydrogens is 248 g/mol. The van der Waals surface area contributed by atoms with Crippen molar-refractivity contribution >= 4 is 11.8 Å². The molecule has 0 saturated carbocycles. The monoisotopic (exact) mass is 272 g/mol. The van der Waals surface area contributed by atoms with Crippen molar-refractivity contribution in [3.63, 3.8) is 0 Å². The van der Waals surface area contributed by atoms with Crippen molar-refractivity contribution in [3.8, 4) is 0 Å². The van der Waals surface area contributed by atoms with E-state index in [4.69, 9.17) is 9.47 Å². The quantitative estimate of drug-likeness (QED) is 0.638. The molecule has 110 valence electrons. The molecule has 3 atom stereocenters. The van der Waals surface area contributed by atoms with Crippen LogP contribution in [0.2, 0.25) is 0 Å². The molecule has 1 aliphatic heterocycles. The molecule has 3 unspecified atom stereocenters. The summed E-state index contributed by atoms with van der Waals surface area (Å²) in [6.07, 6.45) is 0.881. The van der Waals surface area contributed by atoms with Crippen LogP contribution in [0.4, 0.5) is 0 Å². The molecule has 0 bridgehead atoms. The fourth-order valence-electron chi connectivity index (χ4n) is 2.13. The van der Waals surface area contributed by atoms with Crippen LogP contribution in [0.15, 0.2) is 0 Å². The van der Waals surface area contributed by atoms with Crippen molar-refractivity contribution in [2.45, 2.75) is 44.9 Å². The maximum Gasteiger partial charge on any atom is 0.247 e. The average Bonchev–Trinajstić information content (AvgIpc) is 2.68. The number of nitrogens with zero attached hydrogens (tertiary/aromatic N) is 1. The van der Waals surface area contributed by atoms with Crippen LogP contribution in [0.25, 0.3) is 0 Å². The molecule has 1 aliphatic rings. The van der Waals surface area contributed by atoms with Crippen molar-refractivity contribution in [1.29, 1.82) is 0 Å². The number of amides is 2. The predicted octanol–water partition coefficient (Wildman–Crippen LogP) is 0.163. The molecule has 0 aromatic rings. The van der Waals surface area contributed by atoms with Gasteiger partial charge >= 0.3 is 0 Å². The Balaban J connectivity index is 2.52. The fraction of sp³-hybridized carbons (Fsp3) is 0.846. The van der Waals surface area contributed by atoms with Crippen molar-refractivity contribution in [2.24, 2.45) is 0 Å². The Bertz CT molecular complexity index is 322. The zero-order valence-electron chi connectivity index (χ0n) is 12.1. The van der Waals surface area contributed by atoms with E-state index >= 15 is 0 Å². The highest BCUT2D eigenvalue weighted by molar-refractivity contribution is 6.05. The lowest BCUT2D eigenvalue weighted by atomic mass is 10.2. The summed E-state index contributed by atoms with van der Waals surface area (Å²) in [5.41, 5.74) is 0. The van der Waals surface area contributed by atoms with Gasteiger partial charge in [0.15, 0.2) is 0 Å². The molecule has 1 fully saturated rings. The first-order chi connectivity index (χ1) is 9.04. The summed E-state index contributed by atoms with van der Waals surface area (Å²) in [6.45, 7) is 4.79. The van der Waals surface area contributed by atoms with Crippen LogP contribution in [0.1, 0.15) is 26.7 Å². The van der Waals surface area contributed by atoms with E-state index in [1.165, 1.54) is 4.90 Å². The van der Waals surface area contributed by atoms with Crippen LogP contribution >= 0.6 is 0 Å². The van der Waals surface area contributed by atoms with E-state index in [0.717, 1.165) is 6.42 Å². The van der Waals surface area contributed by atoms with E-state index in [2.05, 4.69) is 5.32 Å².